The Balaban J connectivity index is 2.64. The molecule has 5 nitrogen and oxygen atoms in total. The molecule has 0 radical (unpaired) electrons. The highest BCUT2D eigenvalue weighted by atomic mass is 16.3. The van der Waals surface area contributed by atoms with Crippen molar-refractivity contribution in [3.8, 4) is 0 Å². The van der Waals surface area contributed by atoms with E-state index in [1.807, 2.05) is 39.0 Å². The zero-order valence-electron chi connectivity index (χ0n) is 12.8. The van der Waals surface area contributed by atoms with Gasteiger partial charge in [-0.25, -0.2) is 0 Å². The van der Waals surface area contributed by atoms with Crippen molar-refractivity contribution in [3.05, 3.63) is 29.8 Å². The zero-order valence-corrected chi connectivity index (χ0v) is 12.8. The summed E-state index contributed by atoms with van der Waals surface area (Å²) in [6, 6.07) is 6.97. The van der Waals surface area contributed by atoms with E-state index in [9.17, 15) is 14.7 Å². The second-order valence-corrected chi connectivity index (χ2v) is 5.45. The van der Waals surface area contributed by atoms with Crippen LogP contribution in [0.1, 0.15) is 32.8 Å². The quantitative estimate of drug-likeness (QED) is 0.698. The standard InChI is InChI=1S/C16H24N2O3/c1-4-12-7-5-6-8-14(12)18-16(21)15(20)17-13(10-19)9-11(2)3/h5-8,11,13,19H,4,9-10H2,1-3H3,(H,17,20)(H,18,21). The van der Waals surface area contributed by atoms with Crippen LogP contribution in [-0.2, 0) is 16.0 Å². The highest BCUT2D eigenvalue weighted by molar-refractivity contribution is 6.39. The fourth-order valence-electron chi connectivity index (χ4n) is 2.13. The molecule has 5 heteroatoms. The number of carbonyl (C=O) groups is 2. The molecule has 1 rings (SSSR count). The number of hydrogen-bond acceptors (Lipinski definition) is 3. The Morgan fingerprint density at radius 3 is 2.43 bits per heavy atom. The Bertz CT molecular complexity index is 486. The first-order valence-corrected chi connectivity index (χ1v) is 7.28. The largest absolute Gasteiger partial charge is 0.394 e. The minimum absolute atomic E-state index is 0.178. The summed E-state index contributed by atoms with van der Waals surface area (Å²) in [5, 5.41) is 14.4. The Labute approximate surface area is 125 Å². The highest BCUT2D eigenvalue weighted by Gasteiger charge is 2.19. The van der Waals surface area contributed by atoms with Crippen LogP contribution in [0, 0.1) is 5.92 Å². The van der Waals surface area contributed by atoms with Crippen LogP contribution in [0.15, 0.2) is 24.3 Å². The first kappa shape index (κ1) is 17.2. The Kier molecular flexibility index (Phi) is 6.88. The summed E-state index contributed by atoms with van der Waals surface area (Å²) in [5.74, 6) is -1.11. The van der Waals surface area contributed by atoms with Crippen molar-refractivity contribution in [3.63, 3.8) is 0 Å². The third-order valence-electron chi connectivity index (χ3n) is 3.16. The molecule has 0 aliphatic rings. The molecule has 0 saturated carbocycles. The number of aliphatic hydroxyl groups excluding tert-OH is 1. The third kappa shape index (κ3) is 5.55. The molecule has 0 aliphatic heterocycles. The van der Waals surface area contributed by atoms with Gasteiger partial charge in [0, 0.05) is 5.69 Å². The molecule has 1 unspecified atom stereocenters. The lowest BCUT2D eigenvalue weighted by Crippen LogP contribution is -2.44. The van der Waals surface area contributed by atoms with E-state index < -0.39 is 17.9 Å². The maximum Gasteiger partial charge on any atom is 0.313 e. The van der Waals surface area contributed by atoms with Gasteiger partial charge in [-0.15, -0.1) is 0 Å². The van der Waals surface area contributed by atoms with Crippen LogP contribution >= 0.6 is 0 Å². The van der Waals surface area contributed by atoms with Crippen LogP contribution in [0.5, 0.6) is 0 Å². The summed E-state index contributed by atoms with van der Waals surface area (Å²) >= 11 is 0. The number of aryl methyl sites for hydroxylation is 1. The highest BCUT2D eigenvalue weighted by Crippen LogP contribution is 2.15. The number of hydrogen-bond donors (Lipinski definition) is 3. The van der Waals surface area contributed by atoms with Gasteiger partial charge in [0.25, 0.3) is 0 Å². The lowest BCUT2D eigenvalue weighted by Gasteiger charge is -2.18. The smallest absolute Gasteiger partial charge is 0.313 e. The monoisotopic (exact) mass is 292 g/mol. The molecule has 0 aromatic heterocycles. The van der Waals surface area contributed by atoms with Crippen molar-refractivity contribution < 1.29 is 14.7 Å². The van der Waals surface area contributed by atoms with Crippen LogP contribution in [0.4, 0.5) is 5.69 Å². The molecule has 1 aromatic rings. The number of nitrogens with one attached hydrogen (secondary N) is 2. The van der Waals surface area contributed by atoms with Gasteiger partial charge in [0.2, 0.25) is 0 Å². The number of rotatable bonds is 6. The lowest BCUT2D eigenvalue weighted by atomic mass is 10.0. The molecule has 0 aliphatic carbocycles. The van der Waals surface area contributed by atoms with Crippen LogP contribution in [0.25, 0.3) is 0 Å². The predicted octanol–water partition coefficient (Wildman–Crippen LogP) is 1.71. The van der Waals surface area contributed by atoms with Crippen molar-refractivity contribution in [1.29, 1.82) is 0 Å². The van der Waals surface area contributed by atoms with Gasteiger partial charge in [0.1, 0.15) is 0 Å². The van der Waals surface area contributed by atoms with E-state index in [2.05, 4.69) is 10.6 Å². The Hall–Kier alpha value is -1.88. The van der Waals surface area contributed by atoms with Crippen LogP contribution < -0.4 is 10.6 Å². The summed E-state index contributed by atoms with van der Waals surface area (Å²) in [6.07, 6.45) is 1.39. The first-order chi connectivity index (χ1) is 9.97. The number of para-hydroxylation sites is 1. The fourth-order valence-corrected chi connectivity index (χ4v) is 2.13. The summed E-state index contributed by atoms with van der Waals surface area (Å²) in [4.78, 5) is 23.8. The van der Waals surface area contributed by atoms with Gasteiger partial charge in [-0.2, -0.15) is 0 Å². The van der Waals surface area contributed by atoms with E-state index in [1.54, 1.807) is 6.07 Å². The van der Waals surface area contributed by atoms with Crippen LogP contribution in [-0.4, -0.2) is 29.6 Å². The van der Waals surface area contributed by atoms with Crippen molar-refractivity contribution >= 4 is 17.5 Å². The molecule has 0 bridgehead atoms. The second kappa shape index (κ2) is 8.42. The SMILES string of the molecule is CCc1ccccc1NC(=O)C(=O)NC(CO)CC(C)C. The maximum absolute atomic E-state index is 11.9. The molecule has 116 valence electrons. The fraction of sp³-hybridized carbons (Fsp3) is 0.500. The molecule has 0 fully saturated rings. The van der Waals surface area contributed by atoms with Crippen LogP contribution in [0.2, 0.25) is 0 Å². The molecule has 0 saturated heterocycles. The molecular weight excluding hydrogens is 268 g/mol. The van der Waals surface area contributed by atoms with E-state index in [0.29, 0.717) is 18.0 Å². The van der Waals surface area contributed by atoms with Gasteiger partial charge >= 0.3 is 11.8 Å². The topological polar surface area (TPSA) is 78.4 Å². The van der Waals surface area contributed by atoms with E-state index in [4.69, 9.17) is 0 Å². The number of aliphatic hydroxyl groups is 1. The van der Waals surface area contributed by atoms with E-state index in [0.717, 1.165) is 12.0 Å². The zero-order chi connectivity index (χ0) is 15.8. The normalized spacial score (nSPS) is 12.0. The van der Waals surface area contributed by atoms with Crippen LogP contribution in [0.3, 0.4) is 0 Å². The Morgan fingerprint density at radius 1 is 1.19 bits per heavy atom. The molecule has 0 spiro atoms. The molecule has 1 atom stereocenters. The molecule has 1 aromatic carbocycles. The van der Waals surface area contributed by atoms with Crippen molar-refractivity contribution in [2.75, 3.05) is 11.9 Å². The predicted molar refractivity (Wildman–Crippen MR) is 82.9 cm³/mol. The summed E-state index contributed by atoms with van der Waals surface area (Å²) in [5.41, 5.74) is 1.61. The van der Waals surface area contributed by atoms with Crippen molar-refractivity contribution in [2.24, 2.45) is 5.92 Å². The van der Waals surface area contributed by atoms with Crippen molar-refractivity contribution in [2.45, 2.75) is 39.7 Å². The van der Waals surface area contributed by atoms with Gasteiger partial charge in [-0.1, -0.05) is 39.0 Å². The summed E-state index contributed by atoms with van der Waals surface area (Å²) < 4.78 is 0. The minimum atomic E-state index is -0.722. The summed E-state index contributed by atoms with van der Waals surface area (Å²) in [6.45, 7) is 5.79. The molecule has 21 heavy (non-hydrogen) atoms. The first-order valence-electron chi connectivity index (χ1n) is 7.28. The molecular formula is C16H24N2O3. The minimum Gasteiger partial charge on any atom is -0.394 e. The van der Waals surface area contributed by atoms with Gasteiger partial charge in [-0.05, 0) is 30.4 Å². The second-order valence-electron chi connectivity index (χ2n) is 5.45. The van der Waals surface area contributed by atoms with E-state index in [1.165, 1.54) is 0 Å². The number of amides is 2. The Morgan fingerprint density at radius 2 is 1.86 bits per heavy atom. The van der Waals surface area contributed by atoms with E-state index in [-0.39, 0.29) is 6.61 Å². The molecule has 3 N–H and O–H groups in total. The maximum atomic E-state index is 11.9. The number of carbonyl (C=O) groups excluding carboxylic acids is 2. The number of anilines is 1. The lowest BCUT2D eigenvalue weighted by molar-refractivity contribution is -0.136. The average Bonchev–Trinajstić information content (AvgIpc) is 2.46. The third-order valence-corrected chi connectivity index (χ3v) is 3.16. The summed E-state index contributed by atoms with van der Waals surface area (Å²) in [7, 11) is 0. The van der Waals surface area contributed by atoms with Gasteiger partial charge in [0.05, 0.1) is 12.6 Å². The van der Waals surface area contributed by atoms with Gasteiger partial charge < -0.3 is 15.7 Å². The number of benzene rings is 1. The van der Waals surface area contributed by atoms with Crippen molar-refractivity contribution in [1.82, 2.24) is 5.32 Å². The van der Waals surface area contributed by atoms with Gasteiger partial charge in [0.15, 0.2) is 0 Å². The van der Waals surface area contributed by atoms with Gasteiger partial charge in [-0.3, -0.25) is 9.59 Å². The molecule has 2 amide bonds. The average molecular weight is 292 g/mol. The van der Waals surface area contributed by atoms with E-state index >= 15 is 0 Å². The molecule has 0 heterocycles.